The molecule has 2 aromatic heterocycles. The van der Waals surface area contributed by atoms with Gasteiger partial charge in [-0.05, 0) is 13.8 Å². The van der Waals surface area contributed by atoms with Gasteiger partial charge >= 0.3 is 0 Å². The van der Waals surface area contributed by atoms with Crippen molar-refractivity contribution in [2.75, 3.05) is 0 Å². The molecular formula is C9H15N7O2S. The summed E-state index contributed by atoms with van der Waals surface area (Å²) in [5.41, 5.74) is 6.23. The number of rotatable bonds is 5. The minimum absolute atomic E-state index is 0.0390. The highest BCUT2D eigenvalue weighted by molar-refractivity contribution is 7.89. The maximum Gasteiger partial charge on any atom is 0.244 e. The molecule has 0 saturated carbocycles. The molecule has 5 N–H and O–H groups in total. The summed E-state index contributed by atoms with van der Waals surface area (Å²) in [4.78, 5) is 3.99. The van der Waals surface area contributed by atoms with Crippen LogP contribution in [0, 0.1) is 6.92 Å². The molecule has 9 nitrogen and oxygen atoms in total. The van der Waals surface area contributed by atoms with E-state index in [4.69, 9.17) is 5.73 Å². The number of nitrogens with two attached hydrogens (primary N) is 1. The summed E-state index contributed by atoms with van der Waals surface area (Å²) in [6, 6.07) is -0.535. The number of hydrogen-bond acceptors (Lipinski definition) is 6. The van der Waals surface area contributed by atoms with Gasteiger partial charge < -0.3 is 5.73 Å². The van der Waals surface area contributed by atoms with Crippen LogP contribution in [0.4, 0.5) is 0 Å². The quantitative estimate of drug-likeness (QED) is 0.574. The molecular weight excluding hydrogens is 270 g/mol. The molecule has 1 unspecified atom stereocenters. The molecule has 0 bridgehead atoms. The molecule has 0 aliphatic rings. The average Bonchev–Trinajstić information content (AvgIpc) is 2.96. The summed E-state index contributed by atoms with van der Waals surface area (Å²) in [5.74, 6) is 0.430. The summed E-state index contributed by atoms with van der Waals surface area (Å²) in [5, 5.41) is 12.8. The van der Waals surface area contributed by atoms with Crippen molar-refractivity contribution < 1.29 is 8.42 Å². The number of aryl methyl sites for hydroxylation is 1. The first kappa shape index (κ1) is 13.6. The Labute approximate surface area is 110 Å². The number of nitrogens with zero attached hydrogens (tertiary/aromatic N) is 3. The lowest BCUT2D eigenvalue weighted by atomic mass is 10.3. The van der Waals surface area contributed by atoms with Crippen LogP contribution < -0.4 is 10.5 Å². The van der Waals surface area contributed by atoms with Crippen LogP contribution in [-0.4, -0.2) is 33.8 Å². The van der Waals surface area contributed by atoms with Gasteiger partial charge in [0.25, 0.3) is 0 Å². The summed E-state index contributed by atoms with van der Waals surface area (Å²) < 4.78 is 27.1. The third-order valence-electron chi connectivity index (χ3n) is 2.60. The molecule has 0 aromatic carbocycles. The third kappa shape index (κ3) is 2.64. The van der Waals surface area contributed by atoms with Crippen molar-refractivity contribution in [1.82, 2.24) is 30.1 Å². The van der Waals surface area contributed by atoms with Crippen LogP contribution >= 0.6 is 0 Å². The van der Waals surface area contributed by atoms with Crippen LogP contribution in [0.1, 0.15) is 30.2 Å². The minimum atomic E-state index is -3.73. The highest BCUT2D eigenvalue weighted by Gasteiger charge is 2.26. The number of hydrogen-bond donors (Lipinski definition) is 4. The van der Waals surface area contributed by atoms with E-state index in [1.807, 2.05) is 0 Å². The molecule has 0 spiro atoms. The van der Waals surface area contributed by atoms with Crippen LogP contribution in [0.2, 0.25) is 0 Å². The molecule has 19 heavy (non-hydrogen) atoms. The van der Waals surface area contributed by atoms with Gasteiger partial charge in [0.1, 0.15) is 17.0 Å². The maximum atomic E-state index is 12.3. The van der Waals surface area contributed by atoms with Crippen molar-refractivity contribution >= 4 is 10.0 Å². The summed E-state index contributed by atoms with van der Waals surface area (Å²) in [6.07, 6.45) is 1.31. The van der Waals surface area contributed by atoms with E-state index < -0.39 is 16.1 Å². The number of aromatic amines is 2. The first-order valence-corrected chi connectivity index (χ1v) is 7.05. The number of nitrogens with one attached hydrogen (secondary N) is 3. The van der Waals surface area contributed by atoms with E-state index in [0.717, 1.165) is 0 Å². The highest BCUT2D eigenvalue weighted by atomic mass is 32.2. The van der Waals surface area contributed by atoms with Crippen LogP contribution in [0.25, 0.3) is 0 Å². The Morgan fingerprint density at radius 3 is 2.79 bits per heavy atom. The molecule has 0 amide bonds. The standard InChI is InChI=1S/C9H15N7O2S/c1-5-8(7(3-10)14-13-5)19(17,18)16-6(2)9-11-4-12-15-9/h4,6,16H,3,10H2,1-2H3,(H,13,14)(H,11,12,15). The highest BCUT2D eigenvalue weighted by Crippen LogP contribution is 2.19. The van der Waals surface area contributed by atoms with Gasteiger partial charge in [-0.15, -0.1) is 0 Å². The Morgan fingerprint density at radius 2 is 2.21 bits per heavy atom. The van der Waals surface area contributed by atoms with Crippen molar-refractivity contribution in [3.63, 3.8) is 0 Å². The summed E-state index contributed by atoms with van der Waals surface area (Å²) >= 11 is 0. The van der Waals surface area contributed by atoms with Gasteiger partial charge in [0.2, 0.25) is 10.0 Å². The Hall–Kier alpha value is -1.78. The van der Waals surface area contributed by atoms with Gasteiger partial charge in [0.05, 0.1) is 17.4 Å². The molecule has 2 heterocycles. The third-order valence-corrected chi connectivity index (χ3v) is 4.34. The molecule has 0 fully saturated rings. The lowest BCUT2D eigenvalue weighted by Crippen LogP contribution is -2.29. The van der Waals surface area contributed by atoms with Gasteiger partial charge in [0, 0.05) is 6.54 Å². The Morgan fingerprint density at radius 1 is 1.47 bits per heavy atom. The second-order valence-electron chi connectivity index (χ2n) is 4.04. The Kier molecular flexibility index (Phi) is 3.64. The first-order chi connectivity index (χ1) is 8.95. The fourth-order valence-corrected chi connectivity index (χ4v) is 3.32. The van der Waals surface area contributed by atoms with E-state index in [1.165, 1.54) is 6.33 Å². The molecule has 2 aromatic rings. The largest absolute Gasteiger partial charge is 0.325 e. The lowest BCUT2D eigenvalue weighted by molar-refractivity contribution is 0.558. The van der Waals surface area contributed by atoms with Crippen molar-refractivity contribution in [3.8, 4) is 0 Å². The van der Waals surface area contributed by atoms with E-state index in [2.05, 4.69) is 30.1 Å². The molecule has 0 radical (unpaired) electrons. The first-order valence-electron chi connectivity index (χ1n) is 5.57. The van der Waals surface area contributed by atoms with Crippen molar-refractivity contribution in [1.29, 1.82) is 0 Å². The topological polar surface area (TPSA) is 142 Å². The van der Waals surface area contributed by atoms with E-state index in [1.54, 1.807) is 13.8 Å². The molecule has 2 rings (SSSR count). The van der Waals surface area contributed by atoms with Crippen molar-refractivity contribution in [2.45, 2.75) is 31.3 Å². The predicted octanol–water partition coefficient (Wildman–Crippen LogP) is -0.666. The fraction of sp³-hybridized carbons (Fsp3) is 0.444. The molecule has 0 saturated heterocycles. The summed E-state index contributed by atoms with van der Waals surface area (Å²) in [7, 11) is -3.73. The van der Waals surface area contributed by atoms with E-state index in [9.17, 15) is 8.42 Å². The number of sulfonamides is 1. The van der Waals surface area contributed by atoms with Crippen LogP contribution in [0.15, 0.2) is 11.2 Å². The second-order valence-corrected chi connectivity index (χ2v) is 5.69. The van der Waals surface area contributed by atoms with Gasteiger partial charge in [-0.25, -0.2) is 18.1 Å². The number of H-pyrrole nitrogens is 2. The van der Waals surface area contributed by atoms with Crippen LogP contribution in [-0.2, 0) is 16.6 Å². The second kappa shape index (κ2) is 5.07. The predicted molar refractivity (Wildman–Crippen MR) is 66.3 cm³/mol. The lowest BCUT2D eigenvalue weighted by Gasteiger charge is -2.12. The zero-order valence-corrected chi connectivity index (χ0v) is 11.3. The monoisotopic (exact) mass is 285 g/mol. The zero-order chi connectivity index (χ0) is 14.0. The smallest absolute Gasteiger partial charge is 0.244 e. The molecule has 0 aliphatic carbocycles. The maximum absolute atomic E-state index is 12.3. The van der Waals surface area contributed by atoms with Gasteiger partial charge in [-0.3, -0.25) is 10.2 Å². The van der Waals surface area contributed by atoms with Crippen molar-refractivity contribution in [3.05, 3.63) is 23.5 Å². The molecule has 1 atom stereocenters. The van der Waals surface area contributed by atoms with Gasteiger partial charge in [-0.1, -0.05) is 0 Å². The van der Waals surface area contributed by atoms with Crippen LogP contribution in [0.3, 0.4) is 0 Å². The Balaban J connectivity index is 2.30. The summed E-state index contributed by atoms with van der Waals surface area (Å²) in [6.45, 7) is 3.33. The molecule has 104 valence electrons. The average molecular weight is 285 g/mol. The minimum Gasteiger partial charge on any atom is -0.325 e. The fourth-order valence-electron chi connectivity index (χ4n) is 1.74. The zero-order valence-electron chi connectivity index (χ0n) is 10.5. The van der Waals surface area contributed by atoms with E-state index in [-0.39, 0.29) is 11.4 Å². The SMILES string of the molecule is Cc1[nH]nc(CN)c1S(=O)(=O)NC(C)c1ncn[nH]1. The van der Waals surface area contributed by atoms with Gasteiger partial charge in [0.15, 0.2) is 0 Å². The molecule has 0 aliphatic heterocycles. The van der Waals surface area contributed by atoms with Crippen molar-refractivity contribution in [2.24, 2.45) is 5.73 Å². The molecule has 10 heteroatoms. The van der Waals surface area contributed by atoms with Gasteiger partial charge in [-0.2, -0.15) is 10.2 Å². The normalized spacial score (nSPS) is 13.6. The van der Waals surface area contributed by atoms with E-state index >= 15 is 0 Å². The van der Waals surface area contributed by atoms with Crippen LogP contribution in [0.5, 0.6) is 0 Å². The Bertz CT molecular complexity index is 646. The van der Waals surface area contributed by atoms with E-state index in [0.29, 0.717) is 17.2 Å². The number of aromatic nitrogens is 5.